The lowest BCUT2D eigenvalue weighted by atomic mass is 9.57. The van der Waals surface area contributed by atoms with Crippen LogP contribution in [0.5, 0.6) is 0 Å². The highest BCUT2D eigenvalue weighted by atomic mass is 35.5. The molecule has 0 N–H and O–H groups in total. The first kappa shape index (κ1) is 24.5. The maximum Gasteiger partial charge on any atom is 0.406 e. The van der Waals surface area contributed by atoms with E-state index in [1.807, 2.05) is 4.57 Å². The number of alkyl halides is 3. The Morgan fingerprint density at radius 2 is 1.76 bits per heavy atom. The summed E-state index contributed by atoms with van der Waals surface area (Å²) >= 11 is 6.23. The van der Waals surface area contributed by atoms with Crippen molar-refractivity contribution in [1.82, 2.24) is 24.6 Å². The fourth-order valence-electron chi connectivity index (χ4n) is 5.84. The average Bonchev–Trinajstić information content (AvgIpc) is 3.07. The molecule has 4 heterocycles. The highest BCUT2D eigenvalue weighted by Crippen LogP contribution is 2.57. The third kappa shape index (κ3) is 3.89. The fourth-order valence-corrected chi connectivity index (χ4v) is 6.04. The van der Waals surface area contributed by atoms with Crippen LogP contribution in [0.25, 0.3) is 5.69 Å². The Morgan fingerprint density at radius 3 is 2.43 bits per heavy atom. The van der Waals surface area contributed by atoms with Crippen molar-refractivity contribution in [2.75, 3.05) is 18.0 Å². The number of hydrogen-bond donors (Lipinski definition) is 0. The van der Waals surface area contributed by atoms with Gasteiger partial charge in [0, 0.05) is 42.1 Å². The van der Waals surface area contributed by atoms with Crippen molar-refractivity contribution in [3.05, 3.63) is 64.3 Å². The van der Waals surface area contributed by atoms with Gasteiger partial charge in [-0.15, -0.1) is 10.2 Å². The first-order valence-corrected chi connectivity index (χ1v) is 12.4. The largest absolute Gasteiger partial charge is 0.406 e. The van der Waals surface area contributed by atoms with Gasteiger partial charge < -0.3 is 4.90 Å². The monoisotopic (exact) mass is 538 g/mol. The molecule has 0 amide bonds. The van der Waals surface area contributed by atoms with Crippen LogP contribution in [0.3, 0.4) is 0 Å². The van der Waals surface area contributed by atoms with Gasteiger partial charge in [0.05, 0.1) is 18.4 Å². The van der Waals surface area contributed by atoms with E-state index >= 15 is 0 Å². The van der Waals surface area contributed by atoms with Crippen molar-refractivity contribution < 1.29 is 22.0 Å². The summed E-state index contributed by atoms with van der Waals surface area (Å²) in [6.07, 6.45) is -1.87. The SMILES string of the molecule is CC(C)(N1Cc2cc(Cl)ccc2-n2c(nnc2C2CC3(C2)CN(c2ncc(F)cc2F)C3)C1)C(F)(F)F. The minimum absolute atomic E-state index is 0.0209. The molecule has 6 rings (SSSR count). The summed E-state index contributed by atoms with van der Waals surface area (Å²) in [6.45, 7) is 3.57. The Morgan fingerprint density at radius 1 is 1.03 bits per heavy atom. The second kappa shape index (κ2) is 8.10. The summed E-state index contributed by atoms with van der Waals surface area (Å²) < 4.78 is 71.1. The number of pyridine rings is 1. The molecule has 1 saturated carbocycles. The number of halogens is 6. The van der Waals surface area contributed by atoms with Crippen LogP contribution < -0.4 is 4.90 Å². The summed E-state index contributed by atoms with van der Waals surface area (Å²) in [5.74, 6) is -0.0470. The Kier molecular flexibility index (Phi) is 5.37. The van der Waals surface area contributed by atoms with Crippen LogP contribution in [0.1, 0.15) is 49.8 Å². The molecule has 0 atom stereocenters. The molecule has 3 aliphatic rings. The summed E-state index contributed by atoms with van der Waals surface area (Å²) in [5.41, 5.74) is -0.717. The quantitative estimate of drug-likeness (QED) is 0.404. The summed E-state index contributed by atoms with van der Waals surface area (Å²) in [7, 11) is 0. The maximum atomic E-state index is 14.1. The van der Waals surface area contributed by atoms with Crippen LogP contribution >= 0.6 is 11.6 Å². The predicted molar refractivity (Wildman–Crippen MR) is 127 cm³/mol. The zero-order chi connectivity index (χ0) is 26.3. The van der Waals surface area contributed by atoms with E-state index in [0.29, 0.717) is 35.3 Å². The van der Waals surface area contributed by atoms with E-state index < -0.39 is 23.3 Å². The Bertz CT molecular complexity index is 1370. The van der Waals surface area contributed by atoms with E-state index in [9.17, 15) is 22.0 Å². The predicted octanol–water partition coefficient (Wildman–Crippen LogP) is 5.63. The van der Waals surface area contributed by atoms with E-state index in [1.165, 1.54) is 18.7 Å². The third-order valence-electron chi connectivity index (χ3n) is 8.08. The number of hydrogen-bond acceptors (Lipinski definition) is 5. The minimum atomic E-state index is -4.45. The van der Waals surface area contributed by atoms with Crippen molar-refractivity contribution in [3.8, 4) is 5.69 Å². The van der Waals surface area contributed by atoms with Gasteiger partial charge in [-0.05, 0) is 50.5 Å². The lowest BCUT2D eigenvalue weighted by Gasteiger charge is -2.59. The summed E-state index contributed by atoms with van der Waals surface area (Å²) in [5, 5.41) is 9.20. The fraction of sp³-hybridized carbons (Fsp3) is 0.480. The summed E-state index contributed by atoms with van der Waals surface area (Å²) in [4.78, 5) is 7.04. The van der Waals surface area contributed by atoms with Gasteiger partial charge in [-0.3, -0.25) is 9.47 Å². The van der Waals surface area contributed by atoms with Crippen LogP contribution in [-0.4, -0.2) is 49.5 Å². The molecule has 1 saturated heterocycles. The van der Waals surface area contributed by atoms with Crippen LogP contribution in [0, 0.1) is 17.0 Å². The molecule has 3 aromatic rings. The van der Waals surface area contributed by atoms with Gasteiger partial charge in [0.2, 0.25) is 0 Å². The van der Waals surface area contributed by atoms with Crippen LogP contribution in [0.2, 0.25) is 5.02 Å². The molecule has 2 aliphatic heterocycles. The Hall–Kier alpha value is -2.79. The molecule has 37 heavy (non-hydrogen) atoms. The molecule has 0 unspecified atom stereocenters. The standard InChI is InChI=1S/C25H24ClF5N6/c1-23(2,25(29,30)31)36-10-14-5-16(26)3-4-19(14)37-20(11-36)33-34-21(37)15-7-24(8-15)12-35(13-24)22-18(28)6-17(27)9-32-22/h3-6,9,15H,7-8,10-13H2,1-2H3. The number of fused-ring (bicyclic) bond motifs is 3. The highest BCUT2D eigenvalue weighted by molar-refractivity contribution is 6.30. The lowest BCUT2D eigenvalue weighted by Crippen LogP contribution is -2.62. The smallest absolute Gasteiger partial charge is 0.353 e. The number of nitrogens with zero attached hydrogens (tertiary/aromatic N) is 6. The van der Waals surface area contributed by atoms with Gasteiger partial charge in [0.1, 0.15) is 17.2 Å². The average molecular weight is 539 g/mol. The molecule has 2 aromatic heterocycles. The second-order valence-electron chi connectivity index (χ2n) is 10.9. The molecule has 1 aromatic carbocycles. The zero-order valence-corrected chi connectivity index (χ0v) is 20.9. The van der Waals surface area contributed by atoms with Crippen molar-refractivity contribution >= 4 is 17.4 Å². The van der Waals surface area contributed by atoms with Gasteiger partial charge >= 0.3 is 6.18 Å². The van der Waals surface area contributed by atoms with Crippen molar-refractivity contribution in [2.24, 2.45) is 5.41 Å². The first-order chi connectivity index (χ1) is 17.4. The normalized spacial score (nSPS) is 19.7. The van der Waals surface area contributed by atoms with E-state index in [0.717, 1.165) is 30.8 Å². The first-order valence-electron chi connectivity index (χ1n) is 12.0. The molecule has 196 valence electrons. The minimum Gasteiger partial charge on any atom is -0.353 e. The van der Waals surface area contributed by atoms with E-state index in [1.54, 1.807) is 23.1 Å². The van der Waals surface area contributed by atoms with Crippen LogP contribution in [-0.2, 0) is 13.1 Å². The lowest BCUT2D eigenvalue weighted by molar-refractivity contribution is -0.224. The molecule has 6 nitrogen and oxygen atoms in total. The molecular weight excluding hydrogens is 515 g/mol. The van der Waals surface area contributed by atoms with E-state index in [2.05, 4.69) is 15.2 Å². The van der Waals surface area contributed by atoms with Gasteiger partial charge in [0.15, 0.2) is 17.5 Å². The zero-order valence-electron chi connectivity index (χ0n) is 20.2. The Labute approximate surface area is 215 Å². The number of rotatable bonds is 3. The van der Waals surface area contributed by atoms with Crippen LogP contribution in [0.4, 0.5) is 27.8 Å². The molecule has 1 aliphatic carbocycles. The molecule has 1 spiro atoms. The highest BCUT2D eigenvalue weighted by Gasteiger charge is 2.55. The van der Waals surface area contributed by atoms with Crippen molar-refractivity contribution in [1.29, 1.82) is 0 Å². The molecule has 0 bridgehead atoms. The summed E-state index contributed by atoms with van der Waals surface area (Å²) in [6, 6.07) is 6.05. The van der Waals surface area contributed by atoms with E-state index in [4.69, 9.17) is 11.6 Å². The maximum absolute atomic E-state index is 14.1. The number of anilines is 1. The number of aromatic nitrogens is 4. The van der Waals surface area contributed by atoms with Gasteiger partial charge in [-0.25, -0.2) is 13.8 Å². The molecule has 0 radical (unpaired) electrons. The number of benzene rings is 1. The molecule has 2 fully saturated rings. The topological polar surface area (TPSA) is 50.1 Å². The van der Waals surface area contributed by atoms with Gasteiger partial charge in [-0.1, -0.05) is 11.6 Å². The van der Waals surface area contributed by atoms with Gasteiger partial charge in [-0.2, -0.15) is 13.2 Å². The molecule has 12 heteroatoms. The third-order valence-corrected chi connectivity index (χ3v) is 8.31. The van der Waals surface area contributed by atoms with Crippen molar-refractivity contribution in [2.45, 2.75) is 57.4 Å². The van der Waals surface area contributed by atoms with Crippen LogP contribution in [0.15, 0.2) is 30.5 Å². The van der Waals surface area contributed by atoms with E-state index in [-0.39, 0.29) is 30.2 Å². The second-order valence-corrected chi connectivity index (χ2v) is 11.4. The van der Waals surface area contributed by atoms with Crippen molar-refractivity contribution in [3.63, 3.8) is 0 Å². The van der Waals surface area contributed by atoms with Gasteiger partial charge in [0.25, 0.3) is 0 Å². The molecular formula is C25H24ClF5N6. The Balaban J connectivity index is 1.27.